The van der Waals surface area contributed by atoms with E-state index in [2.05, 4.69) is 16.2 Å². The number of nitrogens with one attached hydrogen (secondary N) is 3. The summed E-state index contributed by atoms with van der Waals surface area (Å²) in [6, 6.07) is 20.8. The number of carbonyl (C=O) groups is 2. The fraction of sp³-hybridized carbons (Fsp3) is 0.0455. The number of benzene rings is 2. The zero-order chi connectivity index (χ0) is 21.2. The lowest BCUT2D eigenvalue weighted by Crippen LogP contribution is -2.49. The Morgan fingerprint density at radius 1 is 0.933 bits per heavy atom. The first-order valence-electron chi connectivity index (χ1n) is 9.00. The van der Waals surface area contributed by atoms with Crippen LogP contribution in [-0.4, -0.2) is 23.5 Å². The first kappa shape index (κ1) is 20.8. The molecule has 2 aromatic carbocycles. The van der Waals surface area contributed by atoms with Crippen LogP contribution in [0.2, 0.25) is 0 Å². The van der Waals surface area contributed by atoms with Crippen LogP contribution >= 0.6 is 12.2 Å². The number of hydrogen-bond donors (Lipinski definition) is 3. The monoisotopic (exact) mass is 421 g/mol. The van der Waals surface area contributed by atoms with Crippen molar-refractivity contribution in [1.29, 1.82) is 0 Å². The van der Waals surface area contributed by atoms with Gasteiger partial charge in [-0.15, -0.1) is 0 Å². The average molecular weight is 421 g/mol. The summed E-state index contributed by atoms with van der Waals surface area (Å²) in [4.78, 5) is 23.6. The average Bonchev–Trinajstić information content (AvgIpc) is 3.29. The summed E-state index contributed by atoms with van der Waals surface area (Å²) < 4.78 is 10.5. The van der Waals surface area contributed by atoms with Gasteiger partial charge >= 0.3 is 0 Å². The van der Waals surface area contributed by atoms with Gasteiger partial charge < -0.3 is 9.15 Å². The minimum absolute atomic E-state index is 0.0512. The minimum atomic E-state index is -0.465. The summed E-state index contributed by atoms with van der Waals surface area (Å²) in [5.74, 6) is 0.174. The van der Waals surface area contributed by atoms with Gasteiger partial charge in [0.1, 0.15) is 11.5 Å². The number of rotatable bonds is 6. The maximum atomic E-state index is 11.9. The first-order valence-corrected chi connectivity index (χ1v) is 9.40. The number of carbonyl (C=O) groups excluding carboxylic acids is 2. The standard InChI is InChI=1S/C22H19N3O4S/c26-20(13-12-18-7-4-14-28-18)23-22(30)25-24-21(27)15-29-19-10-8-17(9-11-19)16-5-2-1-3-6-16/h1-14H,15H2,(H,24,27)(H2,23,25,26,30). The third-order valence-corrected chi connectivity index (χ3v) is 4.03. The van der Waals surface area contributed by atoms with Gasteiger partial charge in [0.2, 0.25) is 5.91 Å². The van der Waals surface area contributed by atoms with Crippen LogP contribution in [0.3, 0.4) is 0 Å². The largest absolute Gasteiger partial charge is 0.484 e. The third-order valence-electron chi connectivity index (χ3n) is 3.83. The SMILES string of the molecule is O=C(C=Cc1ccco1)NC(=S)NNC(=O)COc1ccc(-c2ccccc2)cc1. The van der Waals surface area contributed by atoms with Crippen LogP contribution < -0.4 is 20.9 Å². The molecule has 7 nitrogen and oxygen atoms in total. The quantitative estimate of drug-likeness (QED) is 0.322. The second-order valence-electron chi connectivity index (χ2n) is 6.02. The molecule has 0 aliphatic carbocycles. The van der Waals surface area contributed by atoms with Crippen LogP contribution in [-0.2, 0) is 9.59 Å². The molecule has 152 valence electrons. The molecule has 3 N–H and O–H groups in total. The Bertz CT molecular complexity index is 1020. The van der Waals surface area contributed by atoms with Gasteiger partial charge in [0.25, 0.3) is 5.91 Å². The van der Waals surface area contributed by atoms with Crippen LogP contribution in [0.15, 0.2) is 83.5 Å². The van der Waals surface area contributed by atoms with E-state index in [0.29, 0.717) is 11.5 Å². The van der Waals surface area contributed by atoms with E-state index in [1.807, 2.05) is 42.5 Å². The molecule has 0 radical (unpaired) electrons. The molecule has 0 atom stereocenters. The number of amides is 2. The summed E-state index contributed by atoms with van der Waals surface area (Å²) in [5.41, 5.74) is 6.94. The fourth-order valence-corrected chi connectivity index (χ4v) is 2.57. The molecule has 1 heterocycles. The number of ether oxygens (including phenoxy) is 1. The van der Waals surface area contributed by atoms with Crippen molar-refractivity contribution in [2.24, 2.45) is 0 Å². The molecule has 0 fully saturated rings. The Morgan fingerprint density at radius 3 is 2.37 bits per heavy atom. The van der Waals surface area contributed by atoms with Crippen LogP contribution in [0.5, 0.6) is 5.75 Å². The summed E-state index contributed by atoms with van der Waals surface area (Å²) >= 11 is 4.95. The second kappa shape index (κ2) is 10.6. The lowest BCUT2D eigenvalue weighted by Gasteiger charge is -2.11. The van der Waals surface area contributed by atoms with Gasteiger partial charge in [0.05, 0.1) is 6.26 Å². The van der Waals surface area contributed by atoms with Gasteiger partial charge in [-0.05, 0) is 53.7 Å². The molecule has 0 aliphatic rings. The minimum Gasteiger partial charge on any atom is -0.484 e. The molecule has 8 heteroatoms. The van der Waals surface area contributed by atoms with Gasteiger partial charge in [-0.25, -0.2) is 0 Å². The highest BCUT2D eigenvalue weighted by Crippen LogP contribution is 2.21. The predicted molar refractivity (Wildman–Crippen MR) is 117 cm³/mol. The molecular formula is C22H19N3O4S. The zero-order valence-electron chi connectivity index (χ0n) is 15.8. The van der Waals surface area contributed by atoms with Gasteiger partial charge in [-0.3, -0.25) is 25.8 Å². The Labute approximate surface area is 178 Å². The van der Waals surface area contributed by atoms with E-state index in [9.17, 15) is 9.59 Å². The normalized spacial score (nSPS) is 10.4. The highest BCUT2D eigenvalue weighted by molar-refractivity contribution is 7.80. The Morgan fingerprint density at radius 2 is 1.67 bits per heavy atom. The maximum absolute atomic E-state index is 11.9. The Hall–Kier alpha value is -3.91. The molecule has 0 bridgehead atoms. The Kier molecular flexibility index (Phi) is 7.34. The molecule has 0 unspecified atom stereocenters. The van der Waals surface area contributed by atoms with Crippen LogP contribution in [0.25, 0.3) is 17.2 Å². The highest BCUT2D eigenvalue weighted by Gasteiger charge is 2.06. The van der Waals surface area contributed by atoms with Crippen molar-refractivity contribution < 1.29 is 18.7 Å². The molecule has 0 saturated heterocycles. The van der Waals surface area contributed by atoms with E-state index >= 15 is 0 Å². The molecule has 1 aromatic heterocycles. The summed E-state index contributed by atoms with van der Waals surface area (Å²) in [6.07, 6.45) is 4.25. The van der Waals surface area contributed by atoms with Gasteiger partial charge in [-0.2, -0.15) is 0 Å². The number of furan rings is 1. The van der Waals surface area contributed by atoms with E-state index in [1.165, 1.54) is 18.4 Å². The van der Waals surface area contributed by atoms with Crippen molar-refractivity contribution in [3.63, 3.8) is 0 Å². The second-order valence-corrected chi connectivity index (χ2v) is 6.43. The molecule has 2 amide bonds. The van der Waals surface area contributed by atoms with E-state index in [1.54, 1.807) is 24.3 Å². The number of hydrazine groups is 1. The molecule has 3 aromatic rings. The number of thiocarbonyl (C=S) groups is 1. The van der Waals surface area contributed by atoms with E-state index in [4.69, 9.17) is 21.4 Å². The fourth-order valence-electron chi connectivity index (χ4n) is 2.41. The number of hydrogen-bond acceptors (Lipinski definition) is 5. The van der Waals surface area contributed by atoms with E-state index < -0.39 is 11.8 Å². The van der Waals surface area contributed by atoms with Crippen LogP contribution in [0.4, 0.5) is 0 Å². The summed E-state index contributed by atoms with van der Waals surface area (Å²) in [6.45, 7) is -0.216. The smallest absolute Gasteiger partial charge is 0.276 e. The van der Waals surface area contributed by atoms with Crippen molar-refractivity contribution in [2.45, 2.75) is 0 Å². The predicted octanol–water partition coefficient (Wildman–Crippen LogP) is 3.06. The molecule has 3 rings (SSSR count). The van der Waals surface area contributed by atoms with Crippen molar-refractivity contribution >= 4 is 35.2 Å². The van der Waals surface area contributed by atoms with Crippen LogP contribution in [0, 0.1) is 0 Å². The Balaban J connectivity index is 1.37. The zero-order valence-corrected chi connectivity index (χ0v) is 16.6. The molecule has 0 saturated carbocycles. The van der Waals surface area contributed by atoms with Crippen molar-refractivity contribution in [3.05, 3.63) is 84.8 Å². The summed E-state index contributed by atoms with van der Waals surface area (Å²) in [7, 11) is 0. The molecular weight excluding hydrogens is 402 g/mol. The van der Waals surface area contributed by atoms with Crippen molar-refractivity contribution in [2.75, 3.05) is 6.61 Å². The van der Waals surface area contributed by atoms with Gasteiger partial charge in [0.15, 0.2) is 11.7 Å². The molecule has 30 heavy (non-hydrogen) atoms. The summed E-state index contributed by atoms with van der Waals surface area (Å²) in [5, 5.41) is 2.34. The highest BCUT2D eigenvalue weighted by atomic mass is 32.1. The maximum Gasteiger partial charge on any atom is 0.276 e. The topological polar surface area (TPSA) is 92.6 Å². The van der Waals surface area contributed by atoms with Crippen molar-refractivity contribution in [3.8, 4) is 16.9 Å². The lowest BCUT2D eigenvalue weighted by molar-refractivity contribution is -0.123. The molecule has 0 aliphatic heterocycles. The van der Waals surface area contributed by atoms with E-state index in [0.717, 1.165) is 11.1 Å². The van der Waals surface area contributed by atoms with Gasteiger partial charge in [-0.1, -0.05) is 42.5 Å². The third kappa shape index (κ3) is 6.61. The van der Waals surface area contributed by atoms with E-state index in [-0.39, 0.29) is 11.7 Å². The lowest BCUT2D eigenvalue weighted by atomic mass is 10.1. The van der Waals surface area contributed by atoms with Gasteiger partial charge in [0, 0.05) is 6.08 Å². The molecule has 0 spiro atoms. The van der Waals surface area contributed by atoms with Crippen LogP contribution in [0.1, 0.15) is 5.76 Å². The van der Waals surface area contributed by atoms with Crippen molar-refractivity contribution in [1.82, 2.24) is 16.2 Å². The first-order chi connectivity index (χ1) is 14.6.